The van der Waals surface area contributed by atoms with Gasteiger partial charge in [0, 0.05) is 36.2 Å². The van der Waals surface area contributed by atoms with Crippen LogP contribution in [0.25, 0.3) is 16.8 Å². The topological polar surface area (TPSA) is 112 Å². The van der Waals surface area contributed by atoms with Gasteiger partial charge >= 0.3 is 5.63 Å². The van der Waals surface area contributed by atoms with E-state index in [0.29, 0.717) is 35.7 Å². The number of hydrogen-bond donors (Lipinski definition) is 1. The van der Waals surface area contributed by atoms with Crippen LogP contribution >= 0.6 is 0 Å². The highest BCUT2D eigenvalue weighted by Crippen LogP contribution is 2.24. The number of carbonyl (C=O) groups excluding carboxylic acids is 1. The molecule has 0 bridgehead atoms. The van der Waals surface area contributed by atoms with Crippen LogP contribution < -0.4 is 15.7 Å². The fraction of sp³-hybridized carbons (Fsp3) is 0.227. The van der Waals surface area contributed by atoms with Crippen molar-refractivity contribution in [1.82, 2.24) is 25.1 Å². The van der Waals surface area contributed by atoms with E-state index in [0.717, 1.165) is 16.5 Å². The van der Waals surface area contributed by atoms with Gasteiger partial charge in [-0.05, 0) is 42.7 Å². The molecule has 1 amide bonds. The van der Waals surface area contributed by atoms with Crippen LogP contribution in [-0.4, -0.2) is 32.8 Å². The van der Waals surface area contributed by atoms with Gasteiger partial charge in [0.05, 0.1) is 7.11 Å². The standard InChI is InChI=1S/C22H21N5O4/c1-14-17-5-4-16(30-2)9-19(17)31-22(29)18(14)6-8-21(28)25-11-15-3-7-20(24-10-15)27-13-23-12-26-27/h3-5,7,9-10,12-13H,6,8,11H2,1-2H3,(H,25,28). The van der Waals surface area contributed by atoms with E-state index in [4.69, 9.17) is 9.15 Å². The Morgan fingerprint density at radius 1 is 1.26 bits per heavy atom. The molecule has 0 aliphatic heterocycles. The number of rotatable bonds is 7. The number of fused-ring (bicyclic) bond motifs is 1. The van der Waals surface area contributed by atoms with E-state index in [2.05, 4.69) is 20.4 Å². The van der Waals surface area contributed by atoms with Gasteiger partial charge in [0.15, 0.2) is 5.82 Å². The van der Waals surface area contributed by atoms with E-state index in [1.54, 1.807) is 36.4 Å². The van der Waals surface area contributed by atoms with E-state index >= 15 is 0 Å². The van der Waals surface area contributed by atoms with Crippen LogP contribution in [0.3, 0.4) is 0 Å². The second-order valence-corrected chi connectivity index (χ2v) is 7.00. The van der Waals surface area contributed by atoms with Crippen molar-refractivity contribution in [2.24, 2.45) is 0 Å². The summed E-state index contributed by atoms with van der Waals surface area (Å²) in [7, 11) is 1.56. The van der Waals surface area contributed by atoms with Gasteiger partial charge in [0.2, 0.25) is 5.91 Å². The molecular weight excluding hydrogens is 398 g/mol. The first-order valence-electron chi connectivity index (χ1n) is 9.72. The lowest BCUT2D eigenvalue weighted by Gasteiger charge is -2.09. The molecule has 0 saturated carbocycles. The summed E-state index contributed by atoms with van der Waals surface area (Å²) in [6.07, 6.45) is 5.15. The first kappa shape index (κ1) is 20.3. The number of pyridine rings is 1. The predicted octanol–water partition coefficient (Wildman–Crippen LogP) is 2.33. The number of ether oxygens (including phenoxy) is 1. The van der Waals surface area contributed by atoms with E-state index in [1.165, 1.54) is 6.33 Å². The molecule has 1 N–H and O–H groups in total. The second kappa shape index (κ2) is 8.78. The molecular formula is C22H21N5O4. The normalized spacial score (nSPS) is 10.9. The van der Waals surface area contributed by atoms with E-state index < -0.39 is 5.63 Å². The van der Waals surface area contributed by atoms with Crippen molar-refractivity contribution >= 4 is 16.9 Å². The largest absolute Gasteiger partial charge is 0.497 e. The first-order chi connectivity index (χ1) is 15.0. The zero-order chi connectivity index (χ0) is 21.8. The molecule has 0 spiro atoms. The van der Waals surface area contributed by atoms with Crippen LogP contribution in [0.15, 0.2) is 58.4 Å². The van der Waals surface area contributed by atoms with E-state index in [1.807, 2.05) is 25.1 Å². The fourth-order valence-corrected chi connectivity index (χ4v) is 3.30. The van der Waals surface area contributed by atoms with Crippen molar-refractivity contribution in [1.29, 1.82) is 0 Å². The summed E-state index contributed by atoms with van der Waals surface area (Å²) in [5, 5.41) is 7.70. The third-order valence-electron chi connectivity index (χ3n) is 5.05. The molecule has 0 radical (unpaired) electrons. The molecule has 0 atom stereocenters. The molecule has 1 aromatic carbocycles. The Morgan fingerprint density at radius 3 is 2.84 bits per heavy atom. The van der Waals surface area contributed by atoms with E-state index in [9.17, 15) is 9.59 Å². The van der Waals surface area contributed by atoms with Crippen LogP contribution in [0.1, 0.15) is 23.1 Å². The Morgan fingerprint density at radius 2 is 2.13 bits per heavy atom. The Labute approximate surface area is 177 Å². The smallest absolute Gasteiger partial charge is 0.339 e. The van der Waals surface area contributed by atoms with Crippen molar-refractivity contribution in [3.63, 3.8) is 0 Å². The zero-order valence-corrected chi connectivity index (χ0v) is 17.2. The number of amides is 1. The third-order valence-corrected chi connectivity index (χ3v) is 5.05. The average Bonchev–Trinajstić information content (AvgIpc) is 3.32. The zero-order valence-electron chi connectivity index (χ0n) is 17.2. The SMILES string of the molecule is COc1ccc2c(C)c(CCC(=O)NCc3ccc(-n4cncn4)nc3)c(=O)oc2c1. The third kappa shape index (κ3) is 4.45. The number of nitrogens with one attached hydrogen (secondary N) is 1. The summed E-state index contributed by atoms with van der Waals surface area (Å²) in [6, 6.07) is 9.01. The lowest BCUT2D eigenvalue weighted by molar-refractivity contribution is -0.121. The van der Waals surface area contributed by atoms with Gasteiger partial charge in [-0.15, -0.1) is 0 Å². The van der Waals surface area contributed by atoms with Crippen LogP contribution in [0, 0.1) is 6.92 Å². The highest BCUT2D eigenvalue weighted by Gasteiger charge is 2.14. The number of carbonyl (C=O) groups is 1. The van der Waals surface area contributed by atoms with Crippen molar-refractivity contribution < 1.29 is 13.9 Å². The highest BCUT2D eigenvalue weighted by molar-refractivity contribution is 5.82. The Bertz CT molecular complexity index is 1260. The number of aryl methyl sites for hydroxylation is 1. The van der Waals surface area contributed by atoms with Crippen LogP contribution in [0.2, 0.25) is 0 Å². The summed E-state index contributed by atoms with van der Waals surface area (Å²) in [5.74, 6) is 1.10. The molecule has 9 nitrogen and oxygen atoms in total. The lowest BCUT2D eigenvalue weighted by Crippen LogP contribution is -2.24. The van der Waals surface area contributed by atoms with Gasteiger partial charge in [-0.1, -0.05) is 6.07 Å². The van der Waals surface area contributed by atoms with Crippen molar-refractivity contribution in [2.75, 3.05) is 7.11 Å². The molecule has 0 saturated heterocycles. The molecule has 9 heteroatoms. The van der Waals surface area contributed by atoms with Gasteiger partial charge in [0.1, 0.15) is 24.0 Å². The summed E-state index contributed by atoms with van der Waals surface area (Å²) < 4.78 is 12.2. The van der Waals surface area contributed by atoms with Gasteiger partial charge < -0.3 is 14.5 Å². The van der Waals surface area contributed by atoms with Gasteiger partial charge in [-0.25, -0.2) is 19.4 Å². The fourth-order valence-electron chi connectivity index (χ4n) is 3.30. The Hall–Kier alpha value is -4.01. The van der Waals surface area contributed by atoms with Crippen LogP contribution in [0.4, 0.5) is 0 Å². The summed E-state index contributed by atoms with van der Waals surface area (Å²) in [6.45, 7) is 2.20. The van der Waals surface area contributed by atoms with Gasteiger partial charge in [-0.2, -0.15) is 5.10 Å². The number of methoxy groups -OCH3 is 1. The molecule has 4 aromatic rings. The number of hydrogen-bond acceptors (Lipinski definition) is 7. The maximum absolute atomic E-state index is 12.4. The second-order valence-electron chi connectivity index (χ2n) is 7.00. The molecule has 4 rings (SSSR count). The number of aromatic nitrogens is 4. The molecule has 0 unspecified atom stereocenters. The first-order valence-corrected chi connectivity index (χ1v) is 9.72. The molecule has 0 aliphatic carbocycles. The lowest BCUT2D eigenvalue weighted by atomic mass is 10.0. The van der Waals surface area contributed by atoms with Crippen LogP contribution in [-0.2, 0) is 17.8 Å². The minimum atomic E-state index is -0.432. The summed E-state index contributed by atoms with van der Waals surface area (Å²) >= 11 is 0. The summed E-state index contributed by atoms with van der Waals surface area (Å²) in [5.41, 5.74) is 2.21. The van der Waals surface area contributed by atoms with Crippen molar-refractivity contribution in [3.8, 4) is 11.6 Å². The highest BCUT2D eigenvalue weighted by atomic mass is 16.5. The summed E-state index contributed by atoms with van der Waals surface area (Å²) in [4.78, 5) is 32.9. The quantitative estimate of drug-likeness (QED) is 0.458. The maximum Gasteiger partial charge on any atom is 0.339 e. The van der Waals surface area contributed by atoms with Gasteiger partial charge in [0.25, 0.3) is 0 Å². The predicted molar refractivity (Wildman–Crippen MR) is 113 cm³/mol. The monoisotopic (exact) mass is 419 g/mol. The maximum atomic E-state index is 12.4. The molecule has 158 valence electrons. The van der Waals surface area contributed by atoms with E-state index in [-0.39, 0.29) is 12.3 Å². The van der Waals surface area contributed by atoms with Crippen molar-refractivity contribution in [2.45, 2.75) is 26.3 Å². The minimum Gasteiger partial charge on any atom is -0.497 e. The molecule has 0 fully saturated rings. The number of nitrogens with zero attached hydrogens (tertiary/aromatic N) is 4. The number of benzene rings is 1. The molecule has 0 aliphatic rings. The van der Waals surface area contributed by atoms with Crippen molar-refractivity contribution in [3.05, 3.63) is 76.3 Å². The molecule has 3 aromatic heterocycles. The molecule has 3 heterocycles. The average molecular weight is 419 g/mol. The molecule has 31 heavy (non-hydrogen) atoms. The Balaban J connectivity index is 1.37. The van der Waals surface area contributed by atoms with Gasteiger partial charge in [-0.3, -0.25) is 4.79 Å². The Kier molecular flexibility index (Phi) is 5.74. The minimum absolute atomic E-state index is 0.158. The van der Waals surface area contributed by atoms with Crippen LogP contribution in [0.5, 0.6) is 5.75 Å².